The van der Waals surface area contributed by atoms with Gasteiger partial charge in [-0.3, -0.25) is 19.3 Å². The zero-order valence-corrected chi connectivity index (χ0v) is 15.8. The molecule has 0 bridgehead atoms. The Balaban J connectivity index is 1.35. The number of hydrogen-bond donors (Lipinski definition) is 1. The number of nitrogens with one attached hydrogen (secondary N) is 1. The van der Waals surface area contributed by atoms with Gasteiger partial charge in [0.05, 0.1) is 11.8 Å². The van der Waals surface area contributed by atoms with E-state index in [0.29, 0.717) is 17.2 Å². The first kappa shape index (κ1) is 19.1. The summed E-state index contributed by atoms with van der Waals surface area (Å²) in [6.45, 7) is -0.272. The van der Waals surface area contributed by atoms with E-state index in [9.17, 15) is 18.8 Å². The molecule has 6 nitrogen and oxygen atoms in total. The average Bonchev–Trinajstić information content (AvgIpc) is 2.95. The Labute approximate surface area is 167 Å². The van der Waals surface area contributed by atoms with Crippen LogP contribution in [0.5, 0.6) is 11.5 Å². The standard InChI is InChI=1S/C22H21FN2O4/c23-14-4-3-5-17(12-14)29-16-10-8-15(9-11-16)24-20(26)13-25-21(27)18-6-1-2-7-19(18)22(25)28/h3-5,8-12,18-19H,1-2,6-7,13H2,(H,24,26). The first-order valence-electron chi connectivity index (χ1n) is 9.70. The van der Waals surface area contributed by atoms with Gasteiger partial charge in [0.25, 0.3) is 0 Å². The van der Waals surface area contributed by atoms with Crippen LogP contribution in [0.3, 0.4) is 0 Å². The zero-order valence-electron chi connectivity index (χ0n) is 15.8. The maximum Gasteiger partial charge on any atom is 0.244 e. The Bertz CT molecular complexity index is 920. The predicted molar refractivity (Wildman–Crippen MR) is 104 cm³/mol. The normalized spacial score (nSPS) is 21.1. The van der Waals surface area contributed by atoms with Crippen molar-refractivity contribution in [1.82, 2.24) is 4.90 Å². The van der Waals surface area contributed by atoms with Crippen LogP contribution in [-0.4, -0.2) is 29.2 Å². The van der Waals surface area contributed by atoms with E-state index >= 15 is 0 Å². The predicted octanol–water partition coefficient (Wildman–Crippen LogP) is 3.73. The average molecular weight is 396 g/mol. The number of fused-ring (bicyclic) bond motifs is 1. The highest BCUT2D eigenvalue weighted by molar-refractivity contribution is 6.08. The summed E-state index contributed by atoms with van der Waals surface area (Å²) in [5, 5.41) is 2.69. The minimum absolute atomic E-state index is 0.228. The smallest absolute Gasteiger partial charge is 0.244 e. The third kappa shape index (κ3) is 4.13. The summed E-state index contributed by atoms with van der Waals surface area (Å²) >= 11 is 0. The van der Waals surface area contributed by atoms with E-state index in [0.717, 1.165) is 30.6 Å². The number of anilines is 1. The minimum Gasteiger partial charge on any atom is -0.457 e. The minimum atomic E-state index is -0.427. The van der Waals surface area contributed by atoms with Crippen LogP contribution in [0, 0.1) is 17.7 Å². The van der Waals surface area contributed by atoms with E-state index in [4.69, 9.17) is 4.74 Å². The maximum atomic E-state index is 13.2. The second kappa shape index (κ2) is 8.03. The monoisotopic (exact) mass is 396 g/mol. The molecule has 1 N–H and O–H groups in total. The summed E-state index contributed by atoms with van der Waals surface area (Å²) in [5.74, 6) is -0.938. The van der Waals surface area contributed by atoms with Crippen molar-refractivity contribution in [2.24, 2.45) is 11.8 Å². The van der Waals surface area contributed by atoms with Crippen LogP contribution >= 0.6 is 0 Å². The van der Waals surface area contributed by atoms with Crippen molar-refractivity contribution in [2.45, 2.75) is 25.7 Å². The lowest BCUT2D eigenvalue weighted by atomic mass is 9.81. The van der Waals surface area contributed by atoms with Gasteiger partial charge >= 0.3 is 0 Å². The van der Waals surface area contributed by atoms with Gasteiger partial charge in [0.2, 0.25) is 17.7 Å². The third-order valence-electron chi connectivity index (χ3n) is 5.40. The molecule has 2 aromatic carbocycles. The quantitative estimate of drug-likeness (QED) is 0.782. The number of amides is 3. The lowest BCUT2D eigenvalue weighted by Crippen LogP contribution is -2.38. The fourth-order valence-corrected chi connectivity index (χ4v) is 4.00. The molecule has 3 amide bonds. The molecule has 4 rings (SSSR count). The Morgan fingerprint density at radius 1 is 1.00 bits per heavy atom. The van der Waals surface area contributed by atoms with Crippen molar-refractivity contribution >= 4 is 23.4 Å². The summed E-state index contributed by atoms with van der Waals surface area (Å²) in [6, 6.07) is 12.4. The fourth-order valence-electron chi connectivity index (χ4n) is 4.00. The van der Waals surface area contributed by atoms with Crippen molar-refractivity contribution in [3.05, 3.63) is 54.3 Å². The molecule has 2 aromatic rings. The highest BCUT2D eigenvalue weighted by Gasteiger charge is 2.48. The lowest BCUT2D eigenvalue weighted by Gasteiger charge is -2.19. The van der Waals surface area contributed by atoms with Crippen molar-refractivity contribution < 1.29 is 23.5 Å². The van der Waals surface area contributed by atoms with Crippen LogP contribution in [0.25, 0.3) is 0 Å². The van der Waals surface area contributed by atoms with Gasteiger partial charge in [-0.25, -0.2) is 4.39 Å². The molecule has 2 aliphatic rings. The third-order valence-corrected chi connectivity index (χ3v) is 5.40. The summed E-state index contributed by atoms with van der Waals surface area (Å²) in [4.78, 5) is 38.4. The van der Waals surface area contributed by atoms with Gasteiger partial charge in [-0.05, 0) is 49.2 Å². The number of halogens is 1. The van der Waals surface area contributed by atoms with Gasteiger partial charge in [0.1, 0.15) is 23.9 Å². The lowest BCUT2D eigenvalue weighted by molar-refractivity contribution is -0.142. The number of likely N-dealkylation sites (tertiary alicyclic amines) is 1. The van der Waals surface area contributed by atoms with Gasteiger partial charge in [-0.1, -0.05) is 18.9 Å². The van der Waals surface area contributed by atoms with Crippen LogP contribution in [0.2, 0.25) is 0 Å². The highest BCUT2D eigenvalue weighted by atomic mass is 19.1. The SMILES string of the molecule is O=C(CN1C(=O)C2CCCCC2C1=O)Nc1ccc(Oc2cccc(F)c2)cc1. The highest BCUT2D eigenvalue weighted by Crippen LogP contribution is 2.37. The number of carbonyl (C=O) groups is 3. The molecule has 29 heavy (non-hydrogen) atoms. The van der Waals surface area contributed by atoms with Gasteiger partial charge in [0.15, 0.2) is 0 Å². The number of benzene rings is 2. The molecule has 1 saturated carbocycles. The molecule has 0 aromatic heterocycles. The molecule has 150 valence electrons. The zero-order chi connectivity index (χ0) is 20.4. The van der Waals surface area contributed by atoms with Crippen LogP contribution in [0.4, 0.5) is 10.1 Å². The van der Waals surface area contributed by atoms with Crippen molar-refractivity contribution in [2.75, 3.05) is 11.9 Å². The van der Waals surface area contributed by atoms with E-state index in [2.05, 4.69) is 5.32 Å². The van der Waals surface area contributed by atoms with Crippen LogP contribution in [0.15, 0.2) is 48.5 Å². The first-order valence-corrected chi connectivity index (χ1v) is 9.70. The summed E-state index contributed by atoms with van der Waals surface area (Å²) in [5.41, 5.74) is 0.512. The Morgan fingerprint density at radius 2 is 1.66 bits per heavy atom. The molecule has 1 heterocycles. The summed E-state index contributed by atoms with van der Waals surface area (Å²) in [7, 11) is 0. The molecule has 1 aliphatic heterocycles. The van der Waals surface area contributed by atoms with Gasteiger partial charge in [0, 0.05) is 11.8 Å². The van der Waals surface area contributed by atoms with Crippen molar-refractivity contribution in [3.8, 4) is 11.5 Å². The topological polar surface area (TPSA) is 75.7 Å². The molecule has 1 saturated heterocycles. The Morgan fingerprint density at radius 3 is 2.28 bits per heavy atom. The first-order chi connectivity index (χ1) is 14.0. The van der Waals surface area contributed by atoms with E-state index in [1.807, 2.05) is 0 Å². The van der Waals surface area contributed by atoms with E-state index in [1.165, 1.54) is 12.1 Å². The van der Waals surface area contributed by atoms with Gasteiger partial charge in [-0.2, -0.15) is 0 Å². The second-order valence-electron chi connectivity index (χ2n) is 7.39. The Kier molecular flexibility index (Phi) is 5.29. The molecule has 1 aliphatic carbocycles. The van der Waals surface area contributed by atoms with Gasteiger partial charge < -0.3 is 10.1 Å². The molecular formula is C22H21FN2O4. The number of rotatable bonds is 5. The molecule has 2 fully saturated rings. The molecule has 0 radical (unpaired) electrons. The van der Waals surface area contributed by atoms with Gasteiger partial charge in [-0.15, -0.1) is 0 Å². The van der Waals surface area contributed by atoms with E-state index in [-0.39, 0.29) is 30.2 Å². The second-order valence-corrected chi connectivity index (χ2v) is 7.39. The molecule has 2 atom stereocenters. The van der Waals surface area contributed by atoms with Crippen LogP contribution in [-0.2, 0) is 14.4 Å². The molecular weight excluding hydrogens is 375 g/mol. The fraction of sp³-hybridized carbons (Fsp3) is 0.318. The maximum absolute atomic E-state index is 13.2. The molecule has 0 spiro atoms. The largest absolute Gasteiger partial charge is 0.457 e. The number of hydrogen-bond acceptors (Lipinski definition) is 4. The summed E-state index contributed by atoms with van der Waals surface area (Å²) < 4.78 is 18.8. The van der Waals surface area contributed by atoms with Crippen LogP contribution < -0.4 is 10.1 Å². The van der Waals surface area contributed by atoms with E-state index in [1.54, 1.807) is 36.4 Å². The van der Waals surface area contributed by atoms with Crippen molar-refractivity contribution in [1.29, 1.82) is 0 Å². The molecule has 2 unspecified atom stereocenters. The number of imide groups is 1. The molecule has 7 heteroatoms. The van der Waals surface area contributed by atoms with Crippen LogP contribution in [0.1, 0.15) is 25.7 Å². The van der Waals surface area contributed by atoms with E-state index < -0.39 is 11.7 Å². The van der Waals surface area contributed by atoms with Crippen molar-refractivity contribution in [3.63, 3.8) is 0 Å². The Hall–Kier alpha value is -3.22. The number of ether oxygens (including phenoxy) is 1. The number of nitrogens with zero attached hydrogens (tertiary/aromatic N) is 1. The number of carbonyl (C=O) groups excluding carboxylic acids is 3. The summed E-state index contributed by atoms with van der Waals surface area (Å²) in [6.07, 6.45) is 3.34.